The summed E-state index contributed by atoms with van der Waals surface area (Å²) in [4.78, 5) is 0.0847. The molecule has 0 amide bonds. The Labute approximate surface area is 125 Å². The predicted molar refractivity (Wildman–Crippen MR) is 78.4 cm³/mol. The zero-order valence-corrected chi connectivity index (χ0v) is 12.9. The summed E-state index contributed by atoms with van der Waals surface area (Å²) in [5.41, 5.74) is 5.93. The Morgan fingerprint density at radius 3 is 2.85 bits per heavy atom. The number of nitrogens with two attached hydrogens (primary N) is 1. The fourth-order valence-electron chi connectivity index (χ4n) is 1.64. The molecule has 0 bridgehead atoms. The number of nitrogen functional groups attached to an aromatic ring is 1. The molecule has 0 fully saturated rings. The molecule has 108 valence electrons. The molecule has 0 saturated heterocycles. The minimum absolute atomic E-state index is 0.0847. The molecule has 7 nitrogen and oxygen atoms in total. The predicted octanol–water partition coefficient (Wildman–Crippen LogP) is 0.991. The lowest BCUT2D eigenvalue weighted by atomic mass is 10.3. The molecule has 0 atom stereocenters. The van der Waals surface area contributed by atoms with Crippen LogP contribution in [0.15, 0.2) is 40.0 Å². The molecular formula is C11H14BrN5O2S. The zero-order valence-electron chi connectivity index (χ0n) is 10.5. The molecule has 1 aromatic heterocycles. The van der Waals surface area contributed by atoms with Crippen LogP contribution in [0.25, 0.3) is 0 Å². The maximum Gasteiger partial charge on any atom is 0.242 e. The van der Waals surface area contributed by atoms with E-state index in [0.29, 0.717) is 19.5 Å². The topological polar surface area (TPSA) is 103 Å². The highest BCUT2D eigenvalue weighted by atomic mass is 79.9. The smallest absolute Gasteiger partial charge is 0.242 e. The van der Waals surface area contributed by atoms with E-state index in [1.54, 1.807) is 29.2 Å². The fourth-order valence-corrected chi connectivity index (χ4v) is 3.21. The molecular weight excluding hydrogens is 346 g/mol. The number of aryl methyl sites for hydroxylation is 1. The van der Waals surface area contributed by atoms with E-state index in [1.807, 2.05) is 0 Å². The molecule has 3 N–H and O–H groups in total. The van der Waals surface area contributed by atoms with E-state index in [1.165, 1.54) is 6.07 Å². The van der Waals surface area contributed by atoms with E-state index in [0.717, 1.165) is 4.47 Å². The number of benzene rings is 1. The minimum Gasteiger partial charge on any atom is -0.398 e. The van der Waals surface area contributed by atoms with E-state index in [9.17, 15) is 8.42 Å². The third-order valence-corrected chi connectivity index (χ3v) is 4.62. The van der Waals surface area contributed by atoms with Crippen LogP contribution >= 0.6 is 15.9 Å². The van der Waals surface area contributed by atoms with Crippen molar-refractivity contribution in [3.8, 4) is 0 Å². The summed E-state index contributed by atoms with van der Waals surface area (Å²) >= 11 is 3.24. The van der Waals surface area contributed by atoms with Crippen LogP contribution in [0.3, 0.4) is 0 Å². The third-order valence-electron chi connectivity index (χ3n) is 2.59. The summed E-state index contributed by atoms with van der Waals surface area (Å²) in [6.07, 6.45) is 3.91. The van der Waals surface area contributed by atoms with Gasteiger partial charge in [0.25, 0.3) is 0 Å². The summed E-state index contributed by atoms with van der Waals surface area (Å²) in [6.45, 7) is 0.899. The second-order valence-corrected chi connectivity index (χ2v) is 6.75. The largest absolute Gasteiger partial charge is 0.398 e. The number of halogens is 1. The molecule has 0 saturated carbocycles. The first-order valence-corrected chi connectivity index (χ1v) is 8.15. The molecule has 0 aliphatic rings. The number of rotatable bonds is 6. The maximum absolute atomic E-state index is 12.1. The van der Waals surface area contributed by atoms with Crippen molar-refractivity contribution in [2.75, 3.05) is 12.3 Å². The van der Waals surface area contributed by atoms with Crippen molar-refractivity contribution >= 4 is 31.6 Å². The van der Waals surface area contributed by atoms with E-state index >= 15 is 0 Å². The van der Waals surface area contributed by atoms with Gasteiger partial charge in [-0.05, 0) is 24.6 Å². The number of aromatic nitrogens is 3. The number of hydrogen-bond acceptors (Lipinski definition) is 5. The first-order valence-electron chi connectivity index (χ1n) is 5.88. The van der Waals surface area contributed by atoms with Crippen molar-refractivity contribution in [1.29, 1.82) is 0 Å². The van der Waals surface area contributed by atoms with Crippen molar-refractivity contribution in [3.05, 3.63) is 35.1 Å². The van der Waals surface area contributed by atoms with Gasteiger partial charge in [-0.3, -0.25) is 4.68 Å². The highest BCUT2D eigenvalue weighted by Gasteiger charge is 2.16. The van der Waals surface area contributed by atoms with E-state index in [-0.39, 0.29) is 10.6 Å². The number of anilines is 1. The molecule has 0 aliphatic carbocycles. The Hall–Kier alpha value is -1.45. The van der Waals surface area contributed by atoms with Gasteiger partial charge in [0.05, 0.1) is 11.9 Å². The number of nitrogens with zero attached hydrogens (tertiary/aromatic N) is 3. The molecule has 20 heavy (non-hydrogen) atoms. The van der Waals surface area contributed by atoms with Gasteiger partial charge < -0.3 is 5.73 Å². The van der Waals surface area contributed by atoms with Gasteiger partial charge in [-0.1, -0.05) is 21.1 Å². The van der Waals surface area contributed by atoms with Crippen LogP contribution in [0, 0.1) is 0 Å². The fraction of sp³-hybridized carbons (Fsp3) is 0.273. The van der Waals surface area contributed by atoms with Crippen molar-refractivity contribution in [3.63, 3.8) is 0 Å². The van der Waals surface area contributed by atoms with Gasteiger partial charge in [-0.25, -0.2) is 13.1 Å². The van der Waals surface area contributed by atoms with Crippen LogP contribution in [0.4, 0.5) is 5.69 Å². The SMILES string of the molecule is Nc1cc(Br)ccc1S(=O)(=O)NCCCn1ccnn1. The minimum atomic E-state index is -3.59. The van der Waals surface area contributed by atoms with Gasteiger partial charge >= 0.3 is 0 Å². The molecule has 0 radical (unpaired) electrons. The Bertz CT molecular complexity index is 672. The maximum atomic E-state index is 12.1. The normalized spacial score (nSPS) is 11.7. The van der Waals surface area contributed by atoms with Crippen molar-refractivity contribution in [1.82, 2.24) is 19.7 Å². The first-order chi connectivity index (χ1) is 9.49. The molecule has 0 unspecified atom stereocenters. The highest BCUT2D eigenvalue weighted by molar-refractivity contribution is 9.10. The lowest BCUT2D eigenvalue weighted by Crippen LogP contribution is -2.26. The molecule has 1 heterocycles. The molecule has 9 heteroatoms. The Balaban J connectivity index is 1.93. The summed E-state index contributed by atoms with van der Waals surface area (Å²) in [5.74, 6) is 0. The van der Waals surface area contributed by atoms with Gasteiger partial charge in [0, 0.05) is 23.8 Å². The summed E-state index contributed by atoms with van der Waals surface area (Å²) < 4.78 is 29.1. The van der Waals surface area contributed by atoms with Crippen LogP contribution in [0.2, 0.25) is 0 Å². The van der Waals surface area contributed by atoms with Crippen LogP contribution < -0.4 is 10.5 Å². The lowest BCUT2D eigenvalue weighted by molar-refractivity contribution is 0.542. The molecule has 2 aromatic rings. The summed E-state index contributed by atoms with van der Waals surface area (Å²) in [5, 5.41) is 7.47. The number of sulfonamides is 1. The van der Waals surface area contributed by atoms with E-state index in [2.05, 4.69) is 31.0 Å². The second kappa shape index (κ2) is 6.33. The van der Waals surface area contributed by atoms with E-state index in [4.69, 9.17) is 5.73 Å². The molecule has 2 rings (SSSR count). The van der Waals surface area contributed by atoms with Crippen molar-refractivity contribution in [2.24, 2.45) is 0 Å². The quantitative estimate of drug-likeness (QED) is 0.591. The van der Waals surface area contributed by atoms with Crippen LogP contribution in [0.5, 0.6) is 0 Å². The lowest BCUT2D eigenvalue weighted by Gasteiger charge is -2.09. The van der Waals surface area contributed by atoms with Crippen LogP contribution in [-0.4, -0.2) is 30.0 Å². The second-order valence-electron chi connectivity index (χ2n) is 4.10. The van der Waals surface area contributed by atoms with Gasteiger partial charge in [0.1, 0.15) is 4.90 Å². The van der Waals surface area contributed by atoms with Crippen LogP contribution in [0.1, 0.15) is 6.42 Å². The van der Waals surface area contributed by atoms with Gasteiger partial charge in [-0.15, -0.1) is 5.10 Å². The van der Waals surface area contributed by atoms with Crippen molar-refractivity contribution < 1.29 is 8.42 Å². The summed E-state index contributed by atoms with van der Waals surface area (Å²) in [7, 11) is -3.59. The first kappa shape index (κ1) is 14.9. The monoisotopic (exact) mass is 359 g/mol. The Morgan fingerprint density at radius 1 is 1.40 bits per heavy atom. The zero-order chi connectivity index (χ0) is 14.6. The average Bonchev–Trinajstić information content (AvgIpc) is 2.87. The molecule has 0 spiro atoms. The number of hydrogen-bond donors (Lipinski definition) is 2. The number of nitrogens with one attached hydrogen (secondary N) is 1. The highest BCUT2D eigenvalue weighted by Crippen LogP contribution is 2.22. The summed E-state index contributed by atoms with van der Waals surface area (Å²) in [6, 6.07) is 4.67. The Kier molecular flexibility index (Phi) is 4.73. The average molecular weight is 360 g/mol. The van der Waals surface area contributed by atoms with Gasteiger partial charge in [-0.2, -0.15) is 0 Å². The van der Waals surface area contributed by atoms with Crippen molar-refractivity contribution in [2.45, 2.75) is 17.9 Å². The molecule has 0 aliphatic heterocycles. The standard InChI is InChI=1S/C11H14BrN5O2S/c12-9-2-3-11(10(13)8-9)20(18,19)15-4-1-6-17-7-5-14-16-17/h2-3,5,7-8,15H,1,4,6,13H2. The van der Waals surface area contributed by atoms with Gasteiger partial charge in [0.15, 0.2) is 0 Å². The van der Waals surface area contributed by atoms with Gasteiger partial charge in [0.2, 0.25) is 10.0 Å². The Morgan fingerprint density at radius 2 is 2.20 bits per heavy atom. The molecule has 1 aromatic carbocycles. The van der Waals surface area contributed by atoms with Crippen LogP contribution in [-0.2, 0) is 16.6 Å². The third kappa shape index (κ3) is 3.78. The van der Waals surface area contributed by atoms with E-state index < -0.39 is 10.0 Å².